The molecule has 25 heavy (non-hydrogen) atoms. The van der Waals surface area contributed by atoms with Crippen LogP contribution in [0.25, 0.3) is 0 Å². The molecule has 1 aliphatic heterocycles. The quantitative estimate of drug-likeness (QED) is 0.672. The Kier molecular flexibility index (Phi) is 5.53. The lowest BCUT2D eigenvalue weighted by Gasteiger charge is -2.28. The lowest BCUT2D eigenvalue weighted by atomic mass is 9.93. The summed E-state index contributed by atoms with van der Waals surface area (Å²) in [4.78, 5) is 6.53. The third-order valence-electron chi connectivity index (χ3n) is 4.64. The monoisotopic (exact) mass is 360 g/mol. The Morgan fingerprint density at radius 3 is 2.96 bits per heavy atom. The average molecular weight is 361 g/mol. The molecule has 2 heterocycles. The molecule has 0 fully saturated rings. The number of aryl methyl sites for hydroxylation is 1. The summed E-state index contributed by atoms with van der Waals surface area (Å²) in [6.07, 6.45) is 2.93. The van der Waals surface area contributed by atoms with Crippen molar-refractivity contribution in [1.82, 2.24) is 14.8 Å². The fourth-order valence-electron chi connectivity index (χ4n) is 3.27. The third kappa shape index (κ3) is 4.10. The topological polar surface area (TPSA) is 41.8 Å². The second-order valence-electron chi connectivity index (χ2n) is 6.42. The summed E-state index contributed by atoms with van der Waals surface area (Å²) in [6, 6.07) is 10.3. The van der Waals surface area contributed by atoms with E-state index in [0.29, 0.717) is 5.92 Å². The van der Waals surface area contributed by atoms with E-state index in [0.717, 1.165) is 48.5 Å². The van der Waals surface area contributed by atoms with Gasteiger partial charge in [-0.25, -0.2) is 0 Å². The number of hydrogen-bond donors (Lipinski definition) is 1. The molecule has 0 spiro atoms. The van der Waals surface area contributed by atoms with Crippen LogP contribution in [-0.4, -0.2) is 42.7 Å². The molecule has 2 aromatic rings. The maximum Gasteiger partial charge on any atom is 0.193 e. The van der Waals surface area contributed by atoms with E-state index in [-0.39, 0.29) is 0 Å². The van der Waals surface area contributed by atoms with Gasteiger partial charge < -0.3 is 19.5 Å². The molecule has 1 aliphatic rings. The van der Waals surface area contributed by atoms with Gasteiger partial charge in [-0.2, -0.15) is 0 Å². The SMILES string of the molecule is CN=C(NCC1CCOc2ccccc21)N(C)Cc1cc(Cl)cn1C. The minimum absolute atomic E-state index is 0.430. The first kappa shape index (κ1) is 17.7. The van der Waals surface area contributed by atoms with Gasteiger partial charge in [-0.15, -0.1) is 0 Å². The maximum absolute atomic E-state index is 6.08. The van der Waals surface area contributed by atoms with E-state index in [1.165, 1.54) is 5.56 Å². The van der Waals surface area contributed by atoms with Crippen LogP contribution in [-0.2, 0) is 13.6 Å². The van der Waals surface area contributed by atoms with Crippen molar-refractivity contribution in [3.63, 3.8) is 0 Å². The molecular weight excluding hydrogens is 336 g/mol. The zero-order valence-electron chi connectivity index (χ0n) is 15.0. The van der Waals surface area contributed by atoms with Gasteiger partial charge in [0.1, 0.15) is 5.75 Å². The molecule has 0 saturated heterocycles. The number of para-hydroxylation sites is 1. The second-order valence-corrected chi connectivity index (χ2v) is 6.85. The van der Waals surface area contributed by atoms with Gasteiger partial charge in [0, 0.05) is 45.5 Å². The smallest absolute Gasteiger partial charge is 0.193 e. The molecular formula is C19H25ClN4O. The predicted molar refractivity (Wildman–Crippen MR) is 103 cm³/mol. The summed E-state index contributed by atoms with van der Waals surface area (Å²) in [7, 11) is 5.85. The Hall–Kier alpha value is -2.14. The Morgan fingerprint density at radius 2 is 2.24 bits per heavy atom. The zero-order valence-corrected chi connectivity index (χ0v) is 15.8. The van der Waals surface area contributed by atoms with Crippen LogP contribution in [0, 0.1) is 0 Å². The lowest BCUT2D eigenvalue weighted by Crippen LogP contribution is -2.41. The molecule has 1 aromatic carbocycles. The van der Waals surface area contributed by atoms with Gasteiger partial charge in [0.05, 0.1) is 18.2 Å². The maximum atomic E-state index is 6.08. The van der Waals surface area contributed by atoms with Crippen molar-refractivity contribution in [2.24, 2.45) is 12.0 Å². The van der Waals surface area contributed by atoms with E-state index in [1.54, 1.807) is 0 Å². The largest absolute Gasteiger partial charge is 0.493 e. The zero-order chi connectivity index (χ0) is 17.8. The number of fused-ring (bicyclic) bond motifs is 1. The lowest BCUT2D eigenvalue weighted by molar-refractivity contribution is 0.266. The minimum atomic E-state index is 0.430. The Morgan fingerprint density at radius 1 is 1.44 bits per heavy atom. The van der Waals surface area contributed by atoms with Crippen molar-refractivity contribution in [2.75, 3.05) is 27.2 Å². The van der Waals surface area contributed by atoms with E-state index >= 15 is 0 Å². The molecule has 3 rings (SSSR count). The molecule has 134 valence electrons. The fraction of sp³-hybridized carbons (Fsp3) is 0.421. The van der Waals surface area contributed by atoms with Crippen molar-refractivity contribution in [2.45, 2.75) is 18.9 Å². The number of aliphatic imine (C=N–C) groups is 1. The highest BCUT2D eigenvalue weighted by Gasteiger charge is 2.21. The van der Waals surface area contributed by atoms with E-state index in [1.807, 2.05) is 50.1 Å². The van der Waals surface area contributed by atoms with Gasteiger partial charge in [0.25, 0.3) is 0 Å². The molecule has 0 aliphatic carbocycles. The summed E-state index contributed by atoms with van der Waals surface area (Å²) < 4.78 is 7.79. The van der Waals surface area contributed by atoms with Crippen molar-refractivity contribution in [3.05, 3.63) is 52.8 Å². The van der Waals surface area contributed by atoms with E-state index in [9.17, 15) is 0 Å². The van der Waals surface area contributed by atoms with Gasteiger partial charge in [-0.1, -0.05) is 29.8 Å². The summed E-state index contributed by atoms with van der Waals surface area (Å²) in [5.74, 6) is 2.31. The van der Waals surface area contributed by atoms with Crippen LogP contribution in [0.15, 0.2) is 41.5 Å². The van der Waals surface area contributed by atoms with Crippen LogP contribution in [0.2, 0.25) is 5.02 Å². The van der Waals surface area contributed by atoms with Gasteiger partial charge in [-0.05, 0) is 24.1 Å². The number of halogens is 1. The molecule has 0 saturated carbocycles. The highest BCUT2D eigenvalue weighted by molar-refractivity contribution is 6.30. The molecule has 0 bridgehead atoms. The molecule has 1 aromatic heterocycles. The molecule has 0 amide bonds. The number of nitrogens with one attached hydrogen (secondary N) is 1. The number of nitrogens with zero attached hydrogens (tertiary/aromatic N) is 3. The Labute approximate surface area is 154 Å². The summed E-state index contributed by atoms with van der Waals surface area (Å²) in [6.45, 7) is 2.35. The minimum Gasteiger partial charge on any atom is -0.493 e. The van der Waals surface area contributed by atoms with E-state index in [2.05, 4.69) is 27.3 Å². The normalized spacial score (nSPS) is 17.0. The van der Waals surface area contributed by atoms with Gasteiger partial charge in [0.2, 0.25) is 0 Å². The highest BCUT2D eigenvalue weighted by Crippen LogP contribution is 2.32. The Bertz CT molecular complexity index is 756. The van der Waals surface area contributed by atoms with E-state index < -0.39 is 0 Å². The average Bonchev–Trinajstić information content (AvgIpc) is 2.92. The fourth-order valence-corrected chi connectivity index (χ4v) is 3.54. The summed E-state index contributed by atoms with van der Waals surface area (Å²) in [5.41, 5.74) is 2.42. The molecule has 1 N–H and O–H groups in total. The first-order valence-electron chi connectivity index (χ1n) is 8.52. The second kappa shape index (κ2) is 7.83. The van der Waals surface area contributed by atoms with Crippen LogP contribution < -0.4 is 10.1 Å². The van der Waals surface area contributed by atoms with Crippen molar-refractivity contribution >= 4 is 17.6 Å². The van der Waals surface area contributed by atoms with Gasteiger partial charge >= 0.3 is 0 Å². The predicted octanol–water partition coefficient (Wildman–Crippen LogP) is 3.25. The van der Waals surface area contributed by atoms with Crippen LogP contribution >= 0.6 is 11.6 Å². The third-order valence-corrected chi connectivity index (χ3v) is 4.84. The highest BCUT2D eigenvalue weighted by atomic mass is 35.5. The number of benzene rings is 1. The summed E-state index contributed by atoms with van der Waals surface area (Å²) >= 11 is 6.08. The van der Waals surface area contributed by atoms with Crippen molar-refractivity contribution in [1.29, 1.82) is 0 Å². The first-order valence-corrected chi connectivity index (χ1v) is 8.90. The van der Waals surface area contributed by atoms with E-state index in [4.69, 9.17) is 16.3 Å². The van der Waals surface area contributed by atoms with Crippen molar-refractivity contribution < 1.29 is 4.74 Å². The van der Waals surface area contributed by atoms with Crippen LogP contribution in [0.3, 0.4) is 0 Å². The number of rotatable bonds is 4. The molecule has 1 atom stereocenters. The molecule has 0 radical (unpaired) electrons. The van der Waals surface area contributed by atoms with Crippen LogP contribution in [0.4, 0.5) is 0 Å². The van der Waals surface area contributed by atoms with Gasteiger partial charge in [-0.3, -0.25) is 4.99 Å². The number of guanidine groups is 1. The number of aromatic nitrogens is 1. The molecule has 6 heteroatoms. The molecule has 5 nitrogen and oxygen atoms in total. The summed E-state index contributed by atoms with van der Waals surface area (Å²) in [5, 5.41) is 4.26. The standard InChI is InChI=1S/C19H25ClN4O/c1-21-19(24(3)13-16-10-15(20)12-23(16)2)22-11-14-8-9-25-18-7-5-4-6-17(14)18/h4-7,10,12,14H,8-9,11,13H2,1-3H3,(H,21,22). The van der Waals surface area contributed by atoms with Crippen molar-refractivity contribution in [3.8, 4) is 5.75 Å². The van der Waals surface area contributed by atoms with Gasteiger partial charge in [0.15, 0.2) is 5.96 Å². The first-order chi connectivity index (χ1) is 12.1. The number of hydrogen-bond acceptors (Lipinski definition) is 2. The Balaban J connectivity index is 1.62. The molecule has 1 unspecified atom stereocenters. The number of ether oxygens (including phenoxy) is 1. The van der Waals surface area contributed by atoms with Crippen LogP contribution in [0.5, 0.6) is 5.75 Å². The van der Waals surface area contributed by atoms with Crippen LogP contribution in [0.1, 0.15) is 23.6 Å².